The fraction of sp³-hybridized carbons (Fsp3) is 0. The van der Waals surface area contributed by atoms with E-state index in [1.54, 1.807) is 15.7 Å². The number of nitrogens with zero attached hydrogens (tertiary/aromatic N) is 3. The van der Waals surface area contributed by atoms with Crippen LogP contribution >= 0.6 is 11.3 Å². The molecule has 0 N–H and O–H groups in total. The normalized spacial score (nSPS) is 11.9. The molecule has 4 nitrogen and oxygen atoms in total. The van der Waals surface area contributed by atoms with Gasteiger partial charge in [0.15, 0.2) is 4.96 Å². The highest BCUT2D eigenvalue weighted by Crippen LogP contribution is 2.35. The first-order valence-corrected chi connectivity index (χ1v) is 13.0. The van der Waals surface area contributed by atoms with Gasteiger partial charge in [-0.15, -0.1) is 0 Å². The summed E-state index contributed by atoms with van der Waals surface area (Å²) in [5.41, 5.74) is 7.15. The Morgan fingerprint density at radius 1 is 0.595 bits per heavy atom. The standard InChI is InChI=1S/C32H19N3OS/c36-31-25-19-20(14-16-26(25)33-32-35(31)29-12-6-7-13-30(29)37-32)21-15-17-28-24(18-21)23-10-4-5-11-27(23)34(28)22-8-2-1-3-9-22/h1-19H. The van der Waals surface area contributed by atoms with E-state index in [4.69, 9.17) is 4.98 Å². The van der Waals surface area contributed by atoms with E-state index >= 15 is 0 Å². The minimum atomic E-state index is -0.0268. The summed E-state index contributed by atoms with van der Waals surface area (Å²) in [5, 5.41) is 3.02. The van der Waals surface area contributed by atoms with Crippen molar-refractivity contribution in [2.24, 2.45) is 0 Å². The topological polar surface area (TPSA) is 39.3 Å². The lowest BCUT2D eigenvalue weighted by molar-refractivity contribution is 1.16. The lowest BCUT2D eigenvalue weighted by atomic mass is 10.0. The second-order valence-corrected chi connectivity index (χ2v) is 10.3. The van der Waals surface area contributed by atoms with Gasteiger partial charge in [0.25, 0.3) is 5.56 Å². The summed E-state index contributed by atoms with van der Waals surface area (Å²) in [7, 11) is 0. The molecule has 0 aliphatic rings. The van der Waals surface area contributed by atoms with E-state index in [0.29, 0.717) is 5.39 Å². The van der Waals surface area contributed by atoms with Crippen molar-refractivity contribution in [1.82, 2.24) is 14.0 Å². The molecule has 0 unspecified atom stereocenters. The molecule has 174 valence electrons. The van der Waals surface area contributed by atoms with Crippen LogP contribution in [-0.4, -0.2) is 14.0 Å². The van der Waals surface area contributed by atoms with Gasteiger partial charge in [0.2, 0.25) is 0 Å². The number of benzene rings is 5. The summed E-state index contributed by atoms with van der Waals surface area (Å²) in [6, 6.07) is 39.5. The molecular weight excluding hydrogens is 474 g/mol. The number of aromatic nitrogens is 3. The minimum absolute atomic E-state index is 0.0268. The summed E-state index contributed by atoms with van der Waals surface area (Å²) in [5.74, 6) is 0. The second-order valence-electron chi connectivity index (χ2n) is 9.26. The molecule has 0 atom stereocenters. The predicted octanol–water partition coefficient (Wildman–Crippen LogP) is 7.83. The van der Waals surface area contributed by atoms with Crippen LogP contribution in [0.4, 0.5) is 0 Å². The van der Waals surface area contributed by atoms with Crippen LogP contribution in [0, 0.1) is 0 Å². The molecule has 0 saturated heterocycles. The van der Waals surface area contributed by atoms with Crippen LogP contribution in [0.25, 0.3) is 64.7 Å². The molecule has 37 heavy (non-hydrogen) atoms. The number of hydrogen-bond donors (Lipinski definition) is 0. The number of fused-ring (bicyclic) bond motifs is 7. The first-order chi connectivity index (χ1) is 18.3. The Hall–Kier alpha value is -4.74. The van der Waals surface area contributed by atoms with Crippen LogP contribution in [-0.2, 0) is 0 Å². The van der Waals surface area contributed by atoms with Gasteiger partial charge in [-0.05, 0) is 65.7 Å². The van der Waals surface area contributed by atoms with Crippen LogP contribution in [0.15, 0.2) is 120 Å². The summed E-state index contributed by atoms with van der Waals surface area (Å²) >= 11 is 1.54. The fourth-order valence-corrected chi connectivity index (χ4v) is 6.48. The largest absolute Gasteiger partial charge is 0.309 e. The van der Waals surface area contributed by atoms with Crippen molar-refractivity contribution < 1.29 is 0 Å². The highest BCUT2D eigenvalue weighted by atomic mass is 32.1. The van der Waals surface area contributed by atoms with Gasteiger partial charge in [-0.1, -0.05) is 72.0 Å². The van der Waals surface area contributed by atoms with Crippen molar-refractivity contribution in [2.45, 2.75) is 0 Å². The molecule has 5 aromatic carbocycles. The summed E-state index contributed by atoms with van der Waals surface area (Å²) < 4.78 is 5.11. The molecule has 0 aliphatic carbocycles. The minimum Gasteiger partial charge on any atom is -0.309 e. The van der Waals surface area contributed by atoms with Crippen molar-refractivity contribution in [3.63, 3.8) is 0 Å². The molecule has 0 radical (unpaired) electrons. The number of hydrogen-bond acceptors (Lipinski definition) is 3. The van der Waals surface area contributed by atoms with Gasteiger partial charge in [0.1, 0.15) is 0 Å². The van der Waals surface area contributed by atoms with E-state index < -0.39 is 0 Å². The van der Waals surface area contributed by atoms with Crippen molar-refractivity contribution in [1.29, 1.82) is 0 Å². The molecular formula is C32H19N3OS. The maximum Gasteiger partial charge on any atom is 0.266 e. The van der Waals surface area contributed by atoms with Crippen LogP contribution in [0.3, 0.4) is 0 Å². The predicted molar refractivity (Wildman–Crippen MR) is 154 cm³/mol. The molecule has 3 heterocycles. The molecule has 8 rings (SSSR count). The van der Waals surface area contributed by atoms with Gasteiger partial charge >= 0.3 is 0 Å². The SMILES string of the molecule is O=c1c2cc(-c3ccc4c(c3)c3ccccc3n4-c3ccccc3)ccc2nc2sc3ccccc3n12. The summed E-state index contributed by atoms with van der Waals surface area (Å²) in [6.45, 7) is 0. The third-order valence-electron chi connectivity index (χ3n) is 7.17. The van der Waals surface area contributed by atoms with Gasteiger partial charge in [-0.25, -0.2) is 4.98 Å². The molecule has 5 heteroatoms. The van der Waals surface area contributed by atoms with Gasteiger partial charge < -0.3 is 4.57 Å². The maximum absolute atomic E-state index is 13.6. The van der Waals surface area contributed by atoms with Crippen LogP contribution in [0.2, 0.25) is 0 Å². The fourth-order valence-electron chi connectivity index (χ4n) is 5.46. The third-order valence-corrected chi connectivity index (χ3v) is 8.19. The lowest BCUT2D eigenvalue weighted by Crippen LogP contribution is -2.13. The second kappa shape index (κ2) is 7.63. The maximum atomic E-state index is 13.6. The van der Waals surface area contributed by atoms with E-state index in [2.05, 4.69) is 77.4 Å². The molecule has 0 amide bonds. The average molecular weight is 494 g/mol. The van der Waals surface area contributed by atoms with E-state index in [1.165, 1.54) is 16.3 Å². The first-order valence-electron chi connectivity index (χ1n) is 12.2. The van der Waals surface area contributed by atoms with Gasteiger partial charge in [-0.2, -0.15) is 0 Å². The third kappa shape index (κ3) is 2.95. The highest BCUT2D eigenvalue weighted by molar-refractivity contribution is 7.23. The molecule has 0 bridgehead atoms. The molecule has 0 fully saturated rings. The number of thiazole rings is 1. The number of para-hydroxylation sites is 3. The zero-order valence-electron chi connectivity index (χ0n) is 19.6. The highest BCUT2D eigenvalue weighted by Gasteiger charge is 2.15. The van der Waals surface area contributed by atoms with E-state index in [1.807, 2.05) is 42.5 Å². The van der Waals surface area contributed by atoms with Crippen LogP contribution in [0.5, 0.6) is 0 Å². The Labute approximate surface area is 215 Å². The van der Waals surface area contributed by atoms with Crippen molar-refractivity contribution >= 4 is 59.2 Å². The van der Waals surface area contributed by atoms with Gasteiger partial charge in [0, 0.05) is 16.5 Å². The van der Waals surface area contributed by atoms with Crippen molar-refractivity contribution in [3.05, 3.63) is 126 Å². The Morgan fingerprint density at radius 2 is 1.27 bits per heavy atom. The van der Waals surface area contributed by atoms with Crippen LogP contribution in [0.1, 0.15) is 0 Å². The Balaban J connectivity index is 1.37. The molecule has 8 aromatic rings. The Morgan fingerprint density at radius 3 is 2.14 bits per heavy atom. The molecule has 0 aliphatic heterocycles. The zero-order valence-corrected chi connectivity index (χ0v) is 20.4. The van der Waals surface area contributed by atoms with Crippen molar-refractivity contribution in [2.75, 3.05) is 0 Å². The molecule has 3 aromatic heterocycles. The van der Waals surface area contributed by atoms with Crippen molar-refractivity contribution in [3.8, 4) is 16.8 Å². The first kappa shape index (κ1) is 20.5. The average Bonchev–Trinajstić information content (AvgIpc) is 3.49. The van der Waals surface area contributed by atoms with E-state index in [9.17, 15) is 4.79 Å². The summed E-state index contributed by atoms with van der Waals surface area (Å²) in [4.78, 5) is 19.2. The van der Waals surface area contributed by atoms with Crippen LogP contribution < -0.4 is 5.56 Å². The lowest BCUT2D eigenvalue weighted by Gasteiger charge is -2.08. The Kier molecular flexibility index (Phi) is 4.22. The van der Waals surface area contributed by atoms with Gasteiger partial charge in [0.05, 0.1) is 32.2 Å². The zero-order chi connectivity index (χ0) is 24.5. The van der Waals surface area contributed by atoms with E-state index in [-0.39, 0.29) is 5.56 Å². The monoisotopic (exact) mass is 493 g/mol. The summed E-state index contributed by atoms with van der Waals surface area (Å²) in [6.07, 6.45) is 0. The Bertz CT molecular complexity index is 2220. The molecule has 0 saturated carbocycles. The number of rotatable bonds is 2. The van der Waals surface area contributed by atoms with E-state index in [0.717, 1.165) is 43.0 Å². The quantitative estimate of drug-likeness (QED) is 0.246. The molecule has 0 spiro atoms. The smallest absolute Gasteiger partial charge is 0.266 e. The van der Waals surface area contributed by atoms with Gasteiger partial charge in [-0.3, -0.25) is 9.20 Å².